The maximum Gasteiger partial charge on any atom is 0.122 e. The Bertz CT molecular complexity index is 889. The summed E-state index contributed by atoms with van der Waals surface area (Å²) in [6, 6.07) is 12.9. The Labute approximate surface area is 169 Å². The summed E-state index contributed by atoms with van der Waals surface area (Å²) in [6.45, 7) is 1.50. The second-order valence-electron chi connectivity index (χ2n) is 7.28. The minimum Gasteiger partial charge on any atom is -0.508 e. The molecular weight excluding hydrogens is 374 g/mol. The molecule has 2 aromatic carbocycles. The van der Waals surface area contributed by atoms with Gasteiger partial charge in [-0.2, -0.15) is 5.26 Å². The van der Waals surface area contributed by atoms with E-state index in [1.54, 1.807) is 6.07 Å². The molecule has 0 amide bonds. The van der Waals surface area contributed by atoms with Crippen molar-refractivity contribution in [2.24, 2.45) is 0 Å². The third-order valence-electron chi connectivity index (χ3n) is 5.40. The number of aromatic hydroxyl groups is 1. The van der Waals surface area contributed by atoms with E-state index < -0.39 is 37.1 Å². The van der Waals surface area contributed by atoms with E-state index in [1.165, 1.54) is 11.6 Å². The van der Waals surface area contributed by atoms with Gasteiger partial charge in [0, 0.05) is 5.56 Å². The van der Waals surface area contributed by atoms with Gasteiger partial charge in [-0.25, -0.2) is 0 Å². The number of aliphatic hydroxyl groups is 4. The molecule has 2 aromatic rings. The van der Waals surface area contributed by atoms with Gasteiger partial charge in [0.05, 0.1) is 18.2 Å². The van der Waals surface area contributed by atoms with Crippen LogP contribution >= 0.6 is 0 Å². The van der Waals surface area contributed by atoms with Crippen molar-refractivity contribution >= 4 is 0 Å². The fraction of sp³-hybridized carbons (Fsp3) is 0.409. The maximum atomic E-state index is 10.4. The number of hydrogen-bond acceptors (Lipinski definition) is 7. The Morgan fingerprint density at radius 3 is 2.24 bits per heavy atom. The van der Waals surface area contributed by atoms with E-state index in [9.17, 15) is 30.8 Å². The molecule has 0 radical (unpaired) electrons. The second-order valence-corrected chi connectivity index (χ2v) is 7.28. The summed E-state index contributed by atoms with van der Waals surface area (Å²) < 4.78 is 5.55. The lowest BCUT2D eigenvalue weighted by atomic mass is 9.88. The number of nitrogens with zero attached hydrogens (tertiary/aromatic N) is 1. The largest absolute Gasteiger partial charge is 0.508 e. The average molecular weight is 399 g/mol. The number of phenols is 1. The zero-order valence-electron chi connectivity index (χ0n) is 16.1. The smallest absolute Gasteiger partial charge is 0.122 e. The molecule has 3 rings (SSSR count). The van der Waals surface area contributed by atoms with Crippen molar-refractivity contribution in [3.8, 4) is 11.8 Å². The van der Waals surface area contributed by atoms with Crippen LogP contribution in [0.5, 0.6) is 5.75 Å². The first-order chi connectivity index (χ1) is 13.9. The number of hydrogen-bond donors (Lipinski definition) is 5. The highest BCUT2D eigenvalue weighted by molar-refractivity contribution is 5.50. The lowest BCUT2D eigenvalue weighted by molar-refractivity contribution is -0.232. The van der Waals surface area contributed by atoms with Crippen molar-refractivity contribution < 1.29 is 30.3 Å². The van der Waals surface area contributed by atoms with Crippen LogP contribution in [0.1, 0.15) is 40.8 Å². The molecule has 7 nitrogen and oxygen atoms in total. The van der Waals surface area contributed by atoms with Gasteiger partial charge in [0.15, 0.2) is 0 Å². The Balaban J connectivity index is 1.97. The summed E-state index contributed by atoms with van der Waals surface area (Å²) in [5, 5.41) is 59.7. The van der Waals surface area contributed by atoms with Gasteiger partial charge in [0.1, 0.15) is 36.3 Å². The summed E-state index contributed by atoms with van der Waals surface area (Å²) in [4.78, 5) is 0. The topological polar surface area (TPSA) is 134 Å². The van der Waals surface area contributed by atoms with E-state index in [0.29, 0.717) is 12.0 Å². The van der Waals surface area contributed by atoms with Gasteiger partial charge >= 0.3 is 0 Å². The van der Waals surface area contributed by atoms with Crippen LogP contribution in [0.25, 0.3) is 0 Å². The zero-order chi connectivity index (χ0) is 21.1. The summed E-state index contributed by atoms with van der Waals surface area (Å²) in [5.41, 5.74) is 3.27. The van der Waals surface area contributed by atoms with Crippen molar-refractivity contribution in [2.75, 3.05) is 6.61 Å². The molecule has 0 spiro atoms. The highest BCUT2D eigenvalue weighted by Crippen LogP contribution is 2.38. The van der Waals surface area contributed by atoms with Crippen LogP contribution in [0.2, 0.25) is 0 Å². The predicted octanol–water partition coefficient (Wildman–Crippen LogP) is 0.932. The van der Waals surface area contributed by atoms with Crippen LogP contribution in [-0.2, 0) is 17.6 Å². The van der Waals surface area contributed by atoms with Crippen molar-refractivity contribution in [3.05, 3.63) is 64.2 Å². The van der Waals surface area contributed by atoms with E-state index >= 15 is 0 Å². The molecule has 5 atom stereocenters. The Kier molecular flexibility index (Phi) is 6.52. The van der Waals surface area contributed by atoms with Gasteiger partial charge in [-0.15, -0.1) is 0 Å². The molecule has 7 heteroatoms. The van der Waals surface area contributed by atoms with Crippen molar-refractivity contribution in [1.29, 1.82) is 5.26 Å². The van der Waals surface area contributed by atoms with E-state index in [0.717, 1.165) is 12.0 Å². The first-order valence-electron chi connectivity index (χ1n) is 9.53. The van der Waals surface area contributed by atoms with Crippen LogP contribution in [0.15, 0.2) is 36.4 Å². The van der Waals surface area contributed by atoms with Crippen LogP contribution in [0.4, 0.5) is 0 Å². The molecule has 154 valence electrons. The maximum absolute atomic E-state index is 10.4. The van der Waals surface area contributed by atoms with Crippen LogP contribution in [-0.4, -0.2) is 56.6 Å². The number of benzene rings is 2. The van der Waals surface area contributed by atoms with Crippen LogP contribution < -0.4 is 0 Å². The van der Waals surface area contributed by atoms with Gasteiger partial charge < -0.3 is 30.3 Å². The zero-order valence-corrected chi connectivity index (χ0v) is 16.1. The molecule has 29 heavy (non-hydrogen) atoms. The van der Waals surface area contributed by atoms with E-state index in [4.69, 9.17) is 4.74 Å². The molecule has 0 saturated carbocycles. The van der Waals surface area contributed by atoms with Crippen molar-refractivity contribution in [2.45, 2.75) is 50.3 Å². The van der Waals surface area contributed by atoms with Crippen LogP contribution in [0.3, 0.4) is 0 Å². The lowest BCUT2D eigenvalue weighted by Gasteiger charge is -2.40. The SMILES string of the molecule is CCc1ccc(Cc2cc([C@@H]3OC(CO)[C@@H](O)[C@H](O)[C@H]3O)c(O)cc2C#N)cc1. The molecule has 5 N–H and O–H groups in total. The highest BCUT2D eigenvalue weighted by Gasteiger charge is 2.44. The number of ether oxygens (including phenoxy) is 1. The monoisotopic (exact) mass is 399 g/mol. The Hall–Kier alpha value is -2.47. The second kappa shape index (κ2) is 8.91. The summed E-state index contributed by atoms with van der Waals surface area (Å²) >= 11 is 0. The Morgan fingerprint density at radius 1 is 1.00 bits per heavy atom. The molecule has 1 unspecified atom stereocenters. The van der Waals surface area contributed by atoms with Crippen molar-refractivity contribution in [3.63, 3.8) is 0 Å². The number of phenolic OH excluding ortho intramolecular Hbond substituents is 1. The standard InChI is InChI=1S/C22H25NO6/c1-2-12-3-5-13(6-4-12)7-14-8-16(17(25)9-15(14)10-23)22-21(28)20(27)19(26)18(11-24)29-22/h3-6,8-9,18-22,24-28H,2,7,11H2,1H3/t18?,19-,20+,21-,22+/m1/s1. The quantitative estimate of drug-likeness (QED) is 0.505. The number of aryl methyl sites for hydroxylation is 1. The van der Waals surface area contributed by atoms with E-state index in [1.807, 2.05) is 24.3 Å². The van der Waals surface area contributed by atoms with Gasteiger partial charge in [0.25, 0.3) is 0 Å². The molecule has 1 fully saturated rings. The minimum atomic E-state index is -1.55. The molecule has 1 aliphatic heterocycles. The molecular formula is C22H25NO6. The van der Waals surface area contributed by atoms with Gasteiger partial charge in [-0.05, 0) is 41.7 Å². The summed E-state index contributed by atoms with van der Waals surface area (Å²) in [5.74, 6) is -0.268. The van der Waals surface area contributed by atoms with Crippen LogP contribution in [0, 0.1) is 11.3 Å². The first-order valence-corrected chi connectivity index (χ1v) is 9.53. The molecule has 1 saturated heterocycles. The number of aliphatic hydroxyl groups excluding tert-OH is 4. The number of nitriles is 1. The molecule has 0 bridgehead atoms. The molecule has 0 aromatic heterocycles. The van der Waals surface area contributed by atoms with Crippen molar-refractivity contribution in [1.82, 2.24) is 0 Å². The fourth-order valence-corrected chi connectivity index (χ4v) is 3.60. The van der Waals surface area contributed by atoms with E-state index in [2.05, 4.69) is 13.0 Å². The predicted molar refractivity (Wildman–Crippen MR) is 104 cm³/mol. The Morgan fingerprint density at radius 2 is 1.66 bits per heavy atom. The highest BCUT2D eigenvalue weighted by atomic mass is 16.5. The molecule has 1 aliphatic rings. The molecule has 0 aliphatic carbocycles. The van der Waals surface area contributed by atoms with Gasteiger partial charge in [-0.3, -0.25) is 0 Å². The summed E-state index contributed by atoms with van der Waals surface area (Å²) in [7, 11) is 0. The first kappa shape index (κ1) is 21.2. The molecule has 1 heterocycles. The fourth-order valence-electron chi connectivity index (χ4n) is 3.60. The normalized spacial score (nSPS) is 26.8. The third kappa shape index (κ3) is 4.27. The number of rotatable bonds is 5. The van der Waals surface area contributed by atoms with Gasteiger partial charge in [0.2, 0.25) is 0 Å². The van der Waals surface area contributed by atoms with E-state index in [-0.39, 0.29) is 16.9 Å². The lowest BCUT2D eigenvalue weighted by Crippen LogP contribution is -2.55. The summed E-state index contributed by atoms with van der Waals surface area (Å²) in [6.07, 6.45) is -5.45. The van der Waals surface area contributed by atoms with Gasteiger partial charge in [-0.1, -0.05) is 31.2 Å². The third-order valence-corrected chi connectivity index (χ3v) is 5.40. The average Bonchev–Trinajstić information content (AvgIpc) is 2.74. The minimum absolute atomic E-state index is 0.182.